The van der Waals surface area contributed by atoms with Gasteiger partial charge in [0.15, 0.2) is 0 Å². The van der Waals surface area contributed by atoms with E-state index in [0.29, 0.717) is 12.5 Å². The molecule has 82 valence electrons. The number of hydrogen-bond donors (Lipinski definition) is 0. The van der Waals surface area contributed by atoms with Crippen LogP contribution in [0.2, 0.25) is 0 Å². The van der Waals surface area contributed by atoms with Gasteiger partial charge in [-0.25, -0.2) is 0 Å². The number of rotatable bonds is 5. The summed E-state index contributed by atoms with van der Waals surface area (Å²) in [5, 5.41) is 0. The van der Waals surface area contributed by atoms with E-state index in [-0.39, 0.29) is 0 Å². The summed E-state index contributed by atoms with van der Waals surface area (Å²) in [7, 11) is 0. The quantitative estimate of drug-likeness (QED) is 0.651. The van der Waals surface area contributed by atoms with Crippen LogP contribution in [-0.2, 0) is 11.3 Å². The summed E-state index contributed by atoms with van der Waals surface area (Å²) in [6.45, 7) is 7.09. The molecule has 0 saturated carbocycles. The third-order valence-corrected chi connectivity index (χ3v) is 2.61. The fraction of sp³-hybridized carbons (Fsp3) is 0.429. The van der Waals surface area contributed by atoms with E-state index in [1.54, 1.807) is 6.26 Å². The third kappa shape index (κ3) is 3.78. The van der Waals surface area contributed by atoms with Crippen LogP contribution in [-0.4, -0.2) is 0 Å². The third-order valence-electron chi connectivity index (χ3n) is 2.61. The summed E-state index contributed by atoms with van der Waals surface area (Å²) >= 11 is 0. The molecule has 1 heteroatoms. The van der Waals surface area contributed by atoms with Crippen molar-refractivity contribution >= 4 is 0 Å². The molecule has 1 rings (SSSR count). The van der Waals surface area contributed by atoms with Crippen molar-refractivity contribution in [2.75, 3.05) is 0 Å². The molecule has 1 unspecified atom stereocenters. The van der Waals surface area contributed by atoms with Gasteiger partial charge in [0.1, 0.15) is 6.61 Å². The fourth-order valence-corrected chi connectivity index (χ4v) is 1.47. The molecule has 0 aromatic heterocycles. The Bertz CT molecular complexity index is 315. The molecular weight excluding hydrogens is 184 g/mol. The Hall–Kier alpha value is -1.24. The van der Waals surface area contributed by atoms with Crippen molar-refractivity contribution in [2.24, 2.45) is 0 Å². The molecule has 0 N–H and O–H groups in total. The molecule has 0 saturated heterocycles. The first-order valence-electron chi connectivity index (χ1n) is 5.59. The summed E-state index contributed by atoms with van der Waals surface area (Å²) in [5.74, 6) is 0.631. The Morgan fingerprint density at radius 1 is 1.40 bits per heavy atom. The van der Waals surface area contributed by atoms with E-state index in [2.05, 4.69) is 38.1 Å². The van der Waals surface area contributed by atoms with E-state index >= 15 is 0 Å². The molecule has 1 aromatic carbocycles. The van der Waals surface area contributed by atoms with Crippen molar-refractivity contribution in [3.63, 3.8) is 0 Å². The highest BCUT2D eigenvalue weighted by atomic mass is 16.5. The maximum atomic E-state index is 5.36. The van der Waals surface area contributed by atoms with Gasteiger partial charge in [-0.05, 0) is 30.4 Å². The van der Waals surface area contributed by atoms with Gasteiger partial charge in [0.2, 0.25) is 0 Å². The zero-order valence-electron chi connectivity index (χ0n) is 9.86. The molecule has 0 spiro atoms. The van der Waals surface area contributed by atoms with Crippen molar-refractivity contribution in [3.8, 4) is 0 Å². The molecule has 0 radical (unpaired) electrons. The van der Waals surface area contributed by atoms with Crippen LogP contribution < -0.4 is 0 Å². The smallest absolute Gasteiger partial charge is 0.112 e. The topological polar surface area (TPSA) is 9.23 Å². The minimum atomic E-state index is 0.631. The Labute approximate surface area is 92.8 Å². The molecule has 1 atom stereocenters. The average molecular weight is 204 g/mol. The van der Waals surface area contributed by atoms with Crippen LogP contribution in [0, 0.1) is 0 Å². The van der Waals surface area contributed by atoms with Crippen LogP contribution in [0.3, 0.4) is 0 Å². The van der Waals surface area contributed by atoms with Crippen molar-refractivity contribution in [1.29, 1.82) is 0 Å². The molecule has 0 aliphatic rings. The average Bonchev–Trinajstić information content (AvgIpc) is 2.29. The summed E-state index contributed by atoms with van der Waals surface area (Å²) in [4.78, 5) is 0. The van der Waals surface area contributed by atoms with E-state index in [1.807, 2.05) is 13.0 Å². The minimum Gasteiger partial charge on any atom is -0.497 e. The summed E-state index contributed by atoms with van der Waals surface area (Å²) in [6.07, 6.45) is 4.81. The zero-order valence-corrected chi connectivity index (χ0v) is 9.86. The van der Waals surface area contributed by atoms with E-state index in [9.17, 15) is 0 Å². The molecule has 0 bridgehead atoms. The molecule has 0 heterocycles. The van der Waals surface area contributed by atoms with Gasteiger partial charge in [-0.2, -0.15) is 0 Å². The van der Waals surface area contributed by atoms with Gasteiger partial charge < -0.3 is 4.74 Å². The lowest BCUT2D eigenvalue weighted by molar-refractivity contribution is 0.236. The van der Waals surface area contributed by atoms with E-state index in [0.717, 1.165) is 0 Å². The molecule has 1 nitrogen and oxygen atoms in total. The van der Waals surface area contributed by atoms with Gasteiger partial charge in [0, 0.05) is 0 Å². The van der Waals surface area contributed by atoms with Gasteiger partial charge in [-0.3, -0.25) is 0 Å². The van der Waals surface area contributed by atoms with Crippen molar-refractivity contribution < 1.29 is 4.74 Å². The summed E-state index contributed by atoms with van der Waals surface area (Å²) in [6, 6.07) is 8.64. The van der Waals surface area contributed by atoms with Crippen molar-refractivity contribution in [1.82, 2.24) is 0 Å². The molecule has 1 aromatic rings. The van der Waals surface area contributed by atoms with Gasteiger partial charge >= 0.3 is 0 Å². The van der Waals surface area contributed by atoms with Gasteiger partial charge in [0.25, 0.3) is 0 Å². The number of allylic oxidation sites excluding steroid dienone is 1. The lowest BCUT2D eigenvalue weighted by Crippen LogP contribution is -1.94. The summed E-state index contributed by atoms with van der Waals surface area (Å²) < 4.78 is 5.36. The highest BCUT2D eigenvalue weighted by Crippen LogP contribution is 2.19. The SMILES string of the molecule is C/C=C/OCc1cccc(C(C)CC)c1. The van der Waals surface area contributed by atoms with Crippen LogP contribution in [0.4, 0.5) is 0 Å². The standard InChI is InChI=1S/C14H20O/c1-4-9-15-11-13-7-6-8-14(10-13)12(3)5-2/h4,6-10,12H,5,11H2,1-3H3/b9-4+. The maximum Gasteiger partial charge on any atom is 0.112 e. The molecular formula is C14H20O. The fourth-order valence-electron chi connectivity index (χ4n) is 1.47. The van der Waals surface area contributed by atoms with Gasteiger partial charge in [-0.15, -0.1) is 0 Å². The first-order valence-corrected chi connectivity index (χ1v) is 5.59. The lowest BCUT2D eigenvalue weighted by atomic mass is 9.97. The Morgan fingerprint density at radius 3 is 2.87 bits per heavy atom. The van der Waals surface area contributed by atoms with Crippen LogP contribution in [0.1, 0.15) is 44.2 Å². The van der Waals surface area contributed by atoms with E-state index in [1.165, 1.54) is 17.5 Å². The molecule has 0 fully saturated rings. The van der Waals surface area contributed by atoms with Gasteiger partial charge in [-0.1, -0.05) is 44.2 Å². The lowest BCUT2D eigenvalue weighted by Gasteiger charge is -2.10. The van der Waals surface area contributed by atoms with Crippen LogP contribution >= 0.6 is 0 Å². The molecule has 0 amide bonds. The predicted molar refractivity (Wildman–Crippen MR) is 64.8 cm³/mol. The molecule has 15 heavy (non-hydrogen) atoms. The normalized spacial score (nSPS) is 13.0. The molecule has 0 aliphatic carbocycles. The minimum absolute atomic E-state index is 0.631. The Balaban J connectivity index is 2.65. The van der Waals surface area contributed by atoms with Crippen molar-refractivity contribution in [2.45, 2.75) is 39.7 Å². The number of hydrogen-bond acceptors (Lipinski definition) is 1. The highest BCUT2D eigenvalue weighted by Gasteiger charge is 2.02. The monoisotopic (exact) mass is 204 g/mol. The van der Waals surface area contributed by atoms with Crippen molar-refractivity contribution in [3.05, 3.63) is 47.7 Å². The van der Waals surface area contributed by atoms with E-state index in [4.69, 9.17) is 4.74 Å². The first-order chi connectivity index (χ1) is 7.27. The number of ether oxygens (including phenoxy) is 1. The second kappa shape index (κ2) is 6.28. The largest absolute Gasteiger partial charge is 0.497 e. The summed E-state index contributed by atoms with van der Waals surface area (Å²) in [5.41, 5.74) is 2.64. The molecule has 0 aliphatic heterocycles. The Kier molecular flexibility index (Phi) is 4.96. The zero-order chi connectivity index (χ0) is 11.1. The van der Waals surface area contributed by atoms with Crippen LogP contribution in [0.25, 0.3) is 0 Å². The first kappa shape index (κ1) is 11.8. The number of benzene rings is 1. The van der Waals surface area contributed by atoms with Crippen LogP contribution in [0.15, 0.2) is 36.6 Å². The highest BCUT2D eigenvalue weighted by molar-refractivity contribution is 5.25. The Morgan fingerprint density at radius 2 is 2.20 bits per heavy atom. The predicted octanol–water partition coefficient (Wildman–Crippen LogP) is 4.25. The van der Waals surface area contributed by atoms with E-state index < -0.39 is 0 Å². The second-order valence-electron chi connectivity index (χ2n) is 3.83. The van der Waals surface area contributed by atoms with Crippen LogP contribution in [0.5, 0.6) is 0 Å². The maximum absolute atomic E-state index is 5.36. The second-order valence-corrected chi connectivity index (χ2v) is 3.83. The van der Waals surface area contributed by atoms with Gasteiger partial charge in [0.05, 0.1) is 6.26 Å².